The fraction of sp³-hybridized carbons (Fsp3) is 0.316. The number of nitrogens with zero attached hydrogens (tertiary/aromatic N) is 5. The van der Waals surface area contributed by atoms with Gasteiger partial charge in [0.1, 0.15) is 0 Å². The fourth-order valence-electron chi connectivity index (χ4n) is 3.39. The number of pyridine rings is 1. The number of aromatic nitrogens is 4. The van der Waals surface area contributed by atoms with Crippen LogP contribution in [-0.2, 0) is 13.0 Å². The molecular formula is C19H20N5. The average Bonchev–Trinajstić information content (AvgIpc) is 3.10. The minimum Gasteiger partial charge on any atom is -0.292 e. The Morgan fingerprint density at radius 1 is 1.29 bits per heavy atom. The third-order valence-corrected chi connectivity index (χ3v) is 4.59. The van der Waals surface area contributed by atoms with Crippen molar-refractivity contribution < 1.29 is 0 Å². The van der Waals surface area contributed by atoms with Gasteiger partial charge in [0.15, 0.2) is 0 Å². The zero-order chi connectivity index (χ0) is 16.4. The third kappa shape index (κ3) is 2.95. The number of hydrogen-bond donors (Lipinski definition) is 0. The molecule has 1 aliphatic rings. The first-order chi connectivity index (χ1) is 11.8. The summed E-state index contributed by atoms with van der Waals surface area (Å²) in [6.45, 7) is 0.757. The Morgan fingerprint density at radius 3 is 3.12 bits per heavy atom. The minimum atomic E-state index is 0.350. The van der Waals surface area contributed by atoms with Crippen LogP contribution in [0.25, 0.3) is 5.69 Å². The van der Waals surface area contributed by atoms with E-state index in [0.717, 1.165) is 30.8 Å². The van der Waals surface area contributed by atoms with E-state index in [2.05, 4.69) is 39.4 Å². The van der Waals surface area contributed by atoms with Crippen molar-refractivity contribution in [1.82, 2.24) is 24.9 Å². The zero-order valence-electron chi connectivity index (χ0n) is 13.8. The molecule has 1 aliphatic carbocycles. The smallest absolute Gasteiger partial charge is 0.0971 e. The highest BCUT2D eigenvalue weighted by Gasteiger charge is 2.25. The van der Waals surface area contributed by atoms with Crippen molar-refractivity contribution in [3.8, 4) is 5.69 Å². The normalized spacial score (nSPS) is 17.0. The number of aryl methyl sites for hydroxylation is 1. The van der Waals surface area contributed by atoms with Crippen molar-refractivity contribution in [3.63, 3.8) is 0 Å². The van der Waals surface area contributed by atoms with Crippen LogP contribution in [0.5, 0.6) is 0 Å². The molecule has 24 heavy (non-hydrogen) atoms. The quantitative estimate of drug-likeness (QED) is 0.742. The molecule has 1 radical (unpaired) electrons. The zero-order valence-corrected chi connectivity index (χ0v) is 13.8. The van der Waals surface area contributed by atoms with Gasteiger partial charge in [-0.2, -0.15) is 0 Å². The Hall–Kier alpha value is -2.53. The van der Waals surface area contributed by atoms with Crippen molar-refractivity contribution in [2.45, 2.75) is 31.8 Å². The van der Waals surface area contributed by atoms with Gasteiger partial charge in [-0.15, -0.1) is 5.10 Å². The maximum absolute atomic E-state index is 4.63. The molecule has 121 valence electrons. The summed E-state index contributed by atoms with van der Waals surface area (Å²) in [6.07, 6.45) is 7.35. The highest BCUT2D eigenvalue weighted by molar-refractivity contribution is 5.29. The van der Waals surface area contributed by atoms with Crippen molar-refractivity contribution >= 4 is 0 Å². The molecule has 0 spiro atoms. The summed E-state index contributed by atoms with van der Waals surface area (Å²) >= 11 is 0. The molecule has 2 aromatic heterocycles. The van der Waals surface area contributed by atoms with Crippen LogP contribution in [-0.4, -0.2) is 31.9 Å². The molecule has 1 atom stereocenters. The lowest BCUT2D eigenvalue weighted by Gasteiger charge is -2.31. The number of para-hydroxylation sites is 1. The lowest BCUT2D eigenvalue weighted by atomic mass is 9.91. The molecule has 0 saturated heterocycles. The number of benzene rings is 1. The lowest BCUT2D eigenvalue weighted by molar-refractivity contribution is 0.206. The Bertz CT molecular complexity index is 811. The van der Waals surface area contributed by atoms with Gasteiger partial charge in [0.05, 0.1) is 29.3 Å². The molecule has 5 nitrogen and oxygen atoms in total. The Morgan fingerprint density at radius 2 is 2.25 bits per heavy atom. The predicted octanol–water partition coefficient (Wildman–Crippen LogP) is 2.97. The van der Waals surface area contributed by atoms with E-state index in [4.69, 9.17) is 0 Å². The van der Waals surface area contributed by atoms with Crippen LogP contribution in [0.1, 0.15) is 35.8 Å². The summed E-state index contributed by atoms with van der Waals surface area (Å²) in [5.41, 5.74) is 4.46. The van der Waals surface area contributed by atoms with Crippen LogP contribution in [0, 0.1) is 6.07 Å². The van der Waals surface area contributed by atoms with E-state index < -0.39 is 0 Å². The highest BCUT2D eigenvalue weighted by Crippen LogP contribution is 2.32. The maximum Gasteiger partial charge on any atom is 0.0971 e. The van der Waals surface area contributed by atoms with Crippen molar-refractivity contribution in [2.75, 3.05) is 7.05 Å². The van der Waals surface area contributed by atoms with Crippen LogP contribution in [0.4, 0.5) is 0 Å². The Kier molecular flexibility index (Phi) is 4.09. The maximum atomic E-state index is 4.63. The molecule has 1 unspecified atom stereocenters. The summed E-state index contributed by atoms with van der Waals surface area (Å²) in [4.78, 5) is 6.96. The molecule has 3 aromatic rings. The van der Waals surface area contributed by atoms with Crippen molar-refractivity contribution in [3.05, 3.63) is 71.8 Å². The van der Waals surface area contributed by atoms with Gasteiger partial charge in [0, 0.05) is 18.8 Å². The number of rotatable bonds is 4. The summed E-state index contributed by atoms with van der Waals surface area (Å²) in [6, 6.07) is 15.5. The molecule has 0 saturated carbocycles. The van der Waals surface area contributed by atoms with E-state index in [1.165, 1.54) is 17.7 Å². The predicted molar refractivity (Wildman–Crippen MR) is 91.6 cm³/mol. The van der Waals surface area contributed by atoms with Gasteiger partial charge in [-0.3, -0.25) is 9.88 Å². The first-order valence-corrected chi connectivity index (χ1v) is 8.33. The van der Waals surface area contributed by atoms with E-state index in [-0.39, 0.29) is 0 Å². The summed E-state index contributed by atoms with van der Waals surface area (Å²) in [5, 5.41) is 8.54. The van der Waals surface area contributed by atoms with E-state index in [1.54, 1.807) is 4.68 Å². The third-order valence-electron chi connectivity index (χ3n) is 4.59. The van der Waals surface area contributed by atoms with E-state index in [1.807, 2.05) is 42.7 Å². The van der Waals surface area contributed by atoms with Gasteiger partial charge < -0.3 is 0 Å². The molecule has 4 rings (SSSR count). The van der Waals surface area contributed by atoms with Crippen LogP contribution >= 0.6 is 0 Å². The molecule has 2 heterocycles. The molecule has 0 N–H and O–H groups in total. The summed E-state index contributed by atoms with van der Waals surface area (Å²) in [7, 11) is 2.14. The second kappa shape index (κ2) is 6.53. The first-order valence-electron chi connectivity index (χ1n) is 8.33. The summed E-state index contributed by atoms with van der Waals surface area (Å²) in [5.74, 6) is 0. The highest BCUT2D eigenvalue weighted by atomic mass is 15.4. The van der Waals surface area contributed by atoms with Crippen LogP contribution < -0.4 is 0 Å². The molecule has 0 fully saturated rings. The second-order valence-electron chi connectivity index (χ2n) is 6.27. The monoisotopic (exact) mass is 318 g/mol. The van der Waals surface area contributed by atoms with Crippen LogP contribution in [0.3, 0.4) is 0 Å². The van der Waals surface area contributed by atoms with Crippen molar-refractivity contribution in [1.29, 1.82) is 0 Å². The van der Waals surface area contributed by atoms with Gasteiger partial charge in [-0.25, -0.2) is 4.68 Å². The van der Waals surface area contributed by atoms with Gasteiger partial charge in [0.2, 0.25) is 0 Å². The van der Waals surface area contributed by atoms with E-state index >= 15 is 0 Å². The summed E-state index contributed by atoms with van der Waals surface area (Å²) < 4.78 is 1.77. The van der Waals surface area contributed by atoms with Crippen molar-refractivity contribution in [2.24, 2.45) is 0 Å². The molecule has 0 aliphatic heterocycles. The van der Waals surface area contributed by atoms with Gasteiger partial charge in [-0.05, 0) is 44.0 Å². The van der Waals surface area contributed by atoms with E-state index in [9.17, 15) is 0 Å². The molecule has 0 bridgehead atoms. The molecular weight excluding hydrogens is 298 g/mol. The minimum absolute atomic E-state index is 0.350. The van der Waals surface area contributed by atoms with Gasteiger partial charge in [0.25, 0.3) is 0 Å². The standard InChI is InChI=1S/C19H20N5/c1-23(18-11-5-7-15-8-6-12-20-19(15)18)13-16-14-24(22-21-16)17-9-3-2-4-10-17/h2-4,6,8-9,12,14,18H,5,7,11,13H2,1H3. The molecule has 5 heteroatoms. The van der Waals surface area contributed by atoms with E-state index in [0.29, 0.717) is 6.04 Å². The average molecular weight is 318 g/mol. The topological polar surface area (TPSA) is 46.8 Å². The van der Waals surface area contributed by atoms with Crippen LogP contribution in [0.15, 0.2) is 48.8 Å². The number of hydrogen-bond acceptors (Lipinski definition) is 4. The Balaban J connectivity index is 1.51. The second-order valence-corrected chi connectivity index (χ2v) is 6.27. The first kappa shape index (κ1) is 15.0. The molecule has 1 aromatic carbocycles. The van der Waals surface area contributed by atoms with Gasteiger partial charge >= 0.3 is 0 Å². The largest absolute Gasteiger partial charge is 0.292 e. The van der Waals surface area contributed by atoms with Crippen LogP contribution in [0.2, 0.25) is 0 Å². The SMILES string of the molecule is CN(Cc1cn(-c2[c]cccc2)nn1)C1CCCc2cccnc21. The molecule has 0 amide bonds. The van der Waals surface area contributed by atoms with Gasteiger partial charge in [-0.1, -0.05) is 29.5 Å². The Labute approximate surface area is 142 Å². The number of fused-ring (bicyclic) bond motifs is 1. The lowest BCUT2D eigenvalue weighted by Crippen LogP contribution is -2.28. The fourth-order valence-corrected chi connectivity index (χ4v) is 3.39.